The first-order valence-electron chi connectivity index (χ1n) is 7.65. The van der Waals surface area contributed by atoms with E-state index >= 15 is 0 Å². The van der Waals surface area contributed by atoms with Gasteiger partial charge in [0, 0.05) is 11.6 Å². The van der Waals surface area contributed by atoms with Gasteiger partial charge in [0.1, 0.15) is 0 Å². The molecule has 3 heteroatoms. The summed E-state index contributed by atoms with van der Waals surface area (Å²) in [5, 5.41) is 0. The van der Waals surface area contributed by atoms with Crippen molar-refractivity contribution in [2.45, 2.75) is 40.7 Å². The van der Waals surface area contributed by atoms with Crippen LogP contribution in [-0.2, 0) is 0 Å². The van der Waals surface area contributed by atoms with E-state index in [4.69, 9.17) is 4.98 Å². The second kappa shape index (κ2) is 5.54. The van der Waals surface area contributed by atoms with Crippen molar-refractivity contribution in [2.75, 3.05) is 0 Å². The van der Waals surface area contributed by atoms with Crippen molar-refractivity contribution in [1.29, 1.82) is 0 Å². The molecule has 0 atom stereocenters. The molecule has 0 aliphatic rings. The van der Waals surface area contributed by atoms with Crippen LogP contribution in [0.15, 0.2) is 35.1 Å². The van der Waals surface area contributed by atoms with Gasteiger partial charge in [0.25, 0.3) is 0 Å². The zero-order valence-electron chi connectivity index (χ0n) is 13.7. The van der Waals surface area contributed by atoms with Crippen molar-refractivity contribution in [3.05, 3.63) is 51.8 Å². The van der Waals surface area contributed by atoms with Crippen molar-refractivity contribution in [3.63, 3.8) is 0 Å². The predicted molar refractivity (Wildman–Crippen MR) is 97.5 cm³/mol. The van der Waals surface area contributed by atoms with Crippen LogP contribution < -0.4 is 0 Å². The summed E-state index contributed by atoms with van der Waals surface area (Å²) in [7, 11) is 0. The minimum atomic E-state index is 0.370. The SMILES string of the molecule is Cc1cc(C)c(-c2cccc3c2nc(Br)n3C(C)C)c(C)c1. The maximum atomic E-state index is 4.79. The zero-order valence-corrected chi connectivity index (χ0v) is 15.3. The molecule has 0 aliphatic carbocycles. The highest BCUT2D eigenvalue weighted by Crippen LogP contribution is 2.35. The number of imidazole rings is 1. The van der Waals surface area contributed by atoms with Gasteiger partial charge in [-0.15, -0.1) is 0 Å². The summed E-state index contributed by atoms with van der Waals surface area (Å²) in [4.78, 5) is 4.79. The van der Waals surface area contributed by atoms with Crippen LogP contribution in [0.5, 0.6) is 0 Å². The van der Waals surface area contributed by atoms with Crippen LogP contribution in [0.3, 0.4) is 0 Å². The fourth-order valence-corrected chi connectivity index (χ4v) is 4.16. The van der Waals surface area contributed by atoms with Crippen molar-refractivity contribution in [2.24, 2.45) is 0 Å². The van der Waals surface area contributed by atoms with Crippen LogP contribution in [0, 0.1) is 20.8 Å². The van der Waals surface area contributed by atoms with E-state index in [0.717, 1.165) is 10.3 Å². The smallest absolute Gasteiger partial charge is 0.178 e. The molecule has 1 aromatic heterocycles. The summed E-state index contributed by atoms with van der Waals surface area (Å²) in [6, 6.07) is 11.3. The molecule has 0 spiro atoms. The van der Waals surface area contributed by atoms with Gasteiger partial charge in [-0.05, 0) is 73.3 Å². The number of rotatable bonds is 2. The second-order valence-corrected chi connectivity index (χ2v) is 7.00. The lowest BCUT2D eigenvalue weighted by molar-refractivity contribution is 0.604. The Morgan fingerprint density at radius 2 is 1.68 bits per heavy atom. The average molecular weight is 357 g/mol. The van der Waals surface area contributed by atoms with E-state index in [1.165, 1.54) is 33.3 Å². The summed E-state index contributed by atoms with van der Waals surface area (Å²) in [6.45, 7) is 10.9. The summed E-state index contributed by atoms with van der Waals surface area (Å²) in [5.74, 6) is 0. The van der Waals surface area contributed by atoms with Gasteiger partial charge in [-0.2, -0.15) is 0 Å². The van der Waals surface area contributed by atoms with Gasteiger partial charge in [0.05, 0.1) is 11.0 Å². The quantitative estimate of drug-likeness (QED) is 0.552. The monoisotopic (exact) mass is 356 g/mol. The Bertz CT molecular complexity index is 836. The maximum Gasteiger partial charge on any atom is 0.178 e. The molecule has 0 fully saturated rings. The third-order valence-corrected chi connectivity index (χ3v) is 4.70. The molecular formula is C19H21BrN2. The van der Waals surface area contributed by atoms with E-state index < -0.39 is 0 Å². The zero-order chi connectivity index (χ0) is 16.0. The van der Waals surface area contributed by atoms with Crippen LogP contribution in [0.1, 0.15) is 36.6 Å². The Balaban J connectivity index is 2.36. The molecule has 3 rings (SSSR count). The lowest BCUT2D eigenvalue weighted by Gasteiger charge is -2.13. The number of fused-ring (bicyclic) bond motifs is 1. The summed E-state index contributed by atoms with van der Waals surface area (Å²) in [6.07, 6.45) is 0. The Hall–Kier alpha value is -1.61. The van der Waals surface area contributed by atoms with E-state index in [2.05, 4.69) is 85.4 Å². The van der Waals surface area contributed by atoms with Crippen LogP contribution >= 0.6 is 15.9 Å². The number of benzene rings is 2. The molecule has 2 nitrogen and oxygen atoms in total. The Morgan fingerprint density at radius 1 is 1.05 bits per heavy atom. The highest BCUT2D eigenvalue weighted by Gasteiger charge is 2.16. The molecule has 0 saturated carbocycles. The van der Waals surface area contributed by atoms with Crippen molar-refractivity contribution < 1.29 is 0 Å². The summed E-state index contributed by atoms with van der Waals surface area (Å²) in [5.41, 5.74) is 8.68. The summed E-state index contributed by atoms with van der Waals surface area (Å²) >= 11 is 3.62. The highest BCUT2D eigenvalue weighted by atomic mass is 79.9. The number of aromatic nitrogens is 2. The molecule has 3 aromatic rings. The summed E-state index contributed by atoms with van der Waals surface area (Å²) < 4.78 is 3.13. The Morgan fingerprint density at radius 3 is 2.27 bits per heavy atom. The van der Waals surface area contributed by atoms with E-state index in [1.54, 1.807) is 0 Å². The first-order chi connectivity index (χ1) is 10.4. The molecule has 0 radical (unpaired) electrons. The molecule has 0 bridgehead atoms. The maximum absolute atomic E-state index is 4.79. The second-order valence-electron chi connectivity index (χ2n) is 6.29. The van der Waals surface area contributed by atoms with E-state index in [9.17, 15) is 0 Å². The first kappa shape index (κ1) is 15.3. The van der Waals surface area contributed by atoms with Gasteiger partial charge in [-0.3, -0.25) is 0 Å². The fraction of sp³-hybridized carbons (Fsp3) is 0.316. The third kappa shape index (κ3) is 2.38. The van der Waals surface area contributed by atoms with Crippen LogP contribution in [0.25, 0.3) is 22.2 Å². The number of para-hydroxylation sites is 1. The van der Waals surface area contributed by atoms with Gasteiger partial charge >= 0.3 is 0 Å². The molecule has 22 heavy (non-hydrogen) atoms. The molecule has 0 saturated heterocycles. The average Bonchev–Trinajstić information content (AvgIpc) is 2.74. The van der Waals surface area contributed by atoms with E-state index in [0.29, 0.717) is 6.04 Å². The minimum Gasteiger partial charge on any atom is -0.316 e. The lowest BCUT2D eigenvalue weighted by atomic mass is 9.93. The van der Waals surface area contributed by atoms with Crippen molar-refractivity contribution >= 4 is 27.0 Å². The molecular weight excluding hydrogens is 336 g/mol. The van der Waals surface area contributed by atoms with Gasteiger partial charge < -0.3 is 4.57 Å². The molecule has 1 heterocycles. The molecule has 0 aliphatic heterocycles. The topological polar surface area (TPSA) is 17.8 Å². The fourth-order valence-electron chi connectivity index (χ4n) is 3.39. The van der Waals surface area contributed by atoms with Crippen LogP contribution in [0.4, 0.5) is 0 Å². The predicted octanol–water partition coefficient (Wildman–Crippen LogP) is 5.97. The normalized spacial score (nSPS) is 11.6. The molecule has 0 N–H and O–H groups in total. The Labute approximate surface area is 140 Å². The molecule has 0 amide bonds. The number of hydrogen-bond acceptors (Lipinski definition) is 1. The number of aryl methyl sites for hydroxylation is 3. The number of hydrogen-bond donors (Lipinski definition) is 0. The number of nitrogens with zero attached hydrogens (tertiary/aromatic N) is 2. The van der Waals surface area contributed by atoms with Crippen LogP contribution in [0.2, 0.25) is 0 Å². The standard InChI is InChI=1S/C19H21BrN2/c1-11(2)22-16-8-6-7-15(18(16)21-19(22)20)17-13(4)9-12(3)10-14(17)5/h6-11H,1-5H3. The van der Waals surface area contributed by atoms with Gasteiger partial charge in [0.15, 0.2) is 4.73 Å². The van der Waals surface area contributed by atoms with Crippen LogP contribution in [-0.4, -0.2) is 9.55 Å². The number of halogens is 1. The minimum absolute atomic E-state index is 0.370. The molecule has 114 valence electrons. The van der Waals surface area contributed by atoms with E-state index in [1.807, 2.05) is 0 Å². The van der Waals surface area contributed by atoms with E-state index in [-0.39, 0.29) is 0 Å². The van der Waals surface area contributed by atoms with Crippen molar-refractivity contribution in [3.8, 4) is 11.1 Å². The first-order valence-corrected chi connectivity index (χ1v) is 8.44. The van der Waals surface area contributed by atoms with Gasteiger partial charge in [0.2, 0.25) is 0 Å². The van der Waals surface area contributed by atoms with Gasteiger partial charge in [-0.1, -0.05) is 29.8 Å². The third-order valence-electron chi connectivity index (χ3n) is 4.14. The largest absolute Gasteiger partial charge is 0.316 e. The molecule has 2 aromatic carbocycles. The van der Waals surface area contributed by atoms with Gasteiger partial charge in [-0.25, -0.2) is 4.98 Å². The lowest BCUT2D eigenvalue weighted by Crippen LogP contribution is -2.00. The van der Waals surface area contributed by atoms with Crippen molar-refractivity contribution in [1.82, 2.24) is 9.55 Å². The Kier molecular flexibility index (Phi) is 3.85. The highest BCUT2D eigenvalue weighted by molar-refractivity contribution is 9.10. The molecule has 0 unspecified atom stereocenters.